The van der Waals surface area contributed by atoms with E-state index >= 15 is 0 Å². The molecule has 0 amide bonds. The summed E-state index contributed by atoms with van der Waals surface area (Å²) >= 11 is 0. The van der Waals surface area contributed by atoms with E-state index in [0.717, 1.165) is 22.4 Å². The Morgan fingerprint density at radius 3 is 2.31 bits per heavy atom. The summed E-state index contributed by atoms with van der Waals surface area (Å²) in [5.41, 5.74) is 5.33. The lowest BCUT2D eigenvalue weighted by Gasteiger charge is -2.28. The molecule has 0 aromatic heterocycles. The van der Waals surface area contributed by atoms with Gasteiger partial charge >= 0.3 is 0 Å². The molecular weight excluding hydrogens is 316 g/mol. The SMILES string of the molecule is [2H]C1N(c2ccccc2C)[C@@H](C)C2c3ccccc3C([2H])(c3ccccc3)N21. The molecule has 1 saturated heterocycles. The molecular formula is C24H24N2. The van der Waals surface area contributed by atoms with Gasteiger partial charge in [0.05, 0.1) is 21.4 Å². The van der Waals surface area contributed by atoms with Gasteiger partial charge in [-0.1, -0.05) is 72.8 Å². The summed E-state index contributed by atoms with van der Waals surface area (Å²) in [6.45, 7) is 3.65. The van der Waals surface area contributed by atoms with Crippen LogP contribution in [0, 0.1) is 6.92 Å². The maximum atomic E-state index is 9.64. The van der Waals surface area contributed by atoms with Crippen molar-refractivity contribution in [1.82, 2.24) is 4.90 Å². The van der Waals surface area contributed by atoms with Gasteiger partial charge < -0.3 is 4.90 Å². The zero-order chi connectivity index (χ0) is 19.5. The van der Waals surface area contributed by atoms with Crippen LogP contribution in [-0.2, 0) is 0 Å². The smallest absolute Gasteiger partial charge is 0.0725 e. The number of anilines is 1. The first-order chi connectivity index (χ1) is 13.5. The second-order valence-corrected chi connectivity index (χ2v) is 7.20. The Morgan fingerprint density at radius 2 is 1.54 bits per heavy atom. The minimum atomic E-state index is -1.07. The van der Waals surface area contributed by atoms with Gasteiger partial charge in [-0.15, -0.1) is 0 Å². The molecule has 0 spiro atoms. The largest absolute Gasteiger partial charge is 0.354 e. The van der Waals surface area contributed by atoms with Gasteiger partial charge in [-0.05, 0) is 42.2 Å². The molecule has 0 N–H and O–H groups in total. The molecule has 5 rings (SSSR count). The van der Waals surface area contributed by atoms with Gasteiger partial charge in [0, 0.05) is 11.7 Å². The third kappa shape index (κ3) is 2.22. The van der Waals surface area contributed by atoms with Crippen molar-refractivity contribution >= 4 is 5.69 Å². The molecule has 3 unspecified atom stereocenters. The van der Waals surface area contributed by atoms with E-state index in [4.69, 9.17) is 0 Å². The molecule has 1 fully saturated rings. The summed E-state index contributed by atoms with van der Waals surface area (Å²) in [5.74, 6) is 0. The minimum Gasteiger partial charge on any atom is -0.354 e. The number of rotatable bonds is 2. The van der Waals surface area contributed by atoms with Crippen LogP contribution in [0.15, 0.2) is 78.9 Å². The third-order valence-corrected chi connectivity index (χ3v) is 5.68. The van der Waals surface area contributed by atoms with E-state index in [2.05, 4.69) is 54.0 Å². The molecule has 3 aromatic rings. The summed E-state index contributed by atoms with van der Waals surface area (Å²) in [6.07, 6.45) is 0. The van der Waals surface area contributed by atoms with E-state index in [0.29, 0.717) is 0 Å². The van der Waals surface area contributed by atoms with Crippen LogP contribution in [0.4, 0.5) is 5.69 Å². The highest BCUT2D eigenvalue weighted by atomic mass is 15.4. The molecule has 2 heterocycles. The van der Waals surface area contributed by atoms with Crippen molar-refractivity contribution in [3.63, 3.8) is 0 Å². The Kier molecular flexibility index (Phi) is 3.14. The molecule has 130 valence electrons. The fourth-order valence-electron chi connectivity index (χ4n) is 4.45. The van der Waals surface area contributed by atoms with Crippen molar-refractivity contribution in [3.8, 4) is 0 Å². The Morgan fingerprint density at radius 1 is 0.885 bits per heavy atom. The monoisotopic (exact) mass is 342 g/mol. The highest BCUT2D eigenvalue weighted by Crippen LogP contribution is 2.51. The second kappa shape index (κ2) is 6.00. The summed E-state index contributed by atoms with van der Waals surface area (Å²) in [4.78, 5) is 4.24. The first-order valence-corrected chi connectivity index (χ1v) is 9.24. The Balaban J connectivity index is 1.72. The fraction of sp³-hybridized carbons (Fsp3) is 0.250. The van der Waals surface area contributed by atoms with Crippen LogP contribution in [0.1, 0.15) is 44.0 Å². The normalized spacial score (nSPS) is 31.3. The third-order valence-electron chi connectivity index (χ3n) is 5.68. The topological polar surface area (TPSA) is 6.48 Å². The number of benzene rings is 3. The van der Waals surface area contributed by atoms with Crippen LogP contribution < -0.4 is 4.90 Å². The van der Waals surface area contributed by atoms with Gasteiger partial charge in [0.1, 0.15) is 0 Å². The number of para-hydroxylation sites is 1. The Labute approximate surface area is 158 Å². The standard InChI is InChI=1S/C24H24N2/c1-17-10-6-9-15-22(17)25-16-26-23(18(25)2)20-13-7-8-14-21(20)24(26)19-11-4-3-5-12-19/h3-15,18,23-24H,16H2,1-2H3/t18-,23?,24?/m0/s1/i16D,24D/t16?,18-,23?,24?. The molecule has 26 heavy (non-hydrogen) atoms. The van der Waals surface area contributed by atoms with Crippen LogP contribution in [0.5, 0.6) is 0 Å². The van der Waals surface area contributed by atoms with Gasteiger partial charge in [0.2, 0.25) is 0 Å². The lowest BCUT2D eigenvalue weighted by atomic mass is 9.95. The lowest BCUT2D eigenvalue weighted by molar-refractivity contribution is 0.235. The van der Waals surface area contributed by atoms with Crippen molar-refractivity contribution in [2.24, 2.45) is 0 Å². The fourth-order valence-corrected chi connectivity index (χ4v) is 4.45. The van der Waals surface area contributed by atoms with Gasteiger partial charge in [-0.2, -0.15) is 0 Å². The van der Waals surface area contributed by atoms with E-state index in [9.17, 15) is 2.74 Å². The zero-order valence-electron chi connectivity index (χ0n) is 17.1. The van der Waals surface area contributed by atoms with Crippen LogP contribution in [0.2, 0.25) is 0 Å². The predicted octanol–water partition coefficient (Wildman–Crippen LogP) is 5.31. The van der Waals surface area contributed by atoms with E-state index in [-0.39, 0.29) is 12.1 Å². The molecule has 2 aliphatic heterocycles. The van der Waals surface area contributed by atoms with E-state index in [1.807, 2.05) is 48.5 Å². The van der Waals surface area contributed by atoms with Crippen LogP contribution in [-0.4, -0.2) is 17.6 Å². The van der Waals surface area contributed by atoms with Gasteiger partial charge in [-0.3, -0.25) is 4.90 Å². The number of hydrogen-bond donors (Lipinski definition) is 0. The first kappa shape index (κ1) is 13.6. The van der Waals surface area contributed by atoms with Crippen LogP contribution in [0.25, 0.3) is 0 Å². The first-order valence-electron chi connectivity index (χ1n) is 10.3. The highest BCUT2D eigenvalue weighted by molar-refractivity contribution is 5.57. The van der Waals surface area contributed by atoms with Gasteiger partial charge in [0.15, 0.2) is 0 Å². The summed E-state index contributed by atoms with van der Waals surface area (Å²) in [6, 6.07) is 25.5. The second-order valence-electron chi connectivity index (χ2n) is 7.20. The predicted molar refractivity (Wildman–Crippen MR) is 107 cm³/mol. The number of nitrogens with zero attached hydrogens (tertiary/aromatic N) is 2. The average Bonchev–Trinajstić information content (AvgIpc) is 3.15. The summed E-state index contributed by atoms with van der Waals surface area (Å²) in [7, 11) is 0. The van der Waals surface area contributed by atoms with Crippen molar-refractivity contribution in [3.05, 3.63) is 101 Å². The molecule has 2 aliphatic rings. The highest BCUT2D eigenvalue weighted by Gasteiger charge is 2.48. The van der Waals surface area contributed by atoms with E-state index < -0.39 is 12.7 Å². The maximum Gasteiger partial charge on any atom is 0.0725 e. The van der Waals surface area contributed by atoms with E-state index in [1.165, 1.54) is 5.56 Å². The molecule has 0 saturated carbocycles. The quantitative estimate of drug-likeness (QED) is 0.623. The lowest BCUT2D eigenvalue weighted by Crippen LogP contribution is -2.31. The van der Waals surface area contributed by atoms with Crippen molar-refractivity contribution in [1.29, 1.82) is 0 Å². The van der Waals surface area contributed by atoms with E-state index in [1.54, 1.807) is 0 Å². The Bertz CT molecular complexity index is 1020. The van der Waals surface area contributed by atoms with Crippen molar-refractivity contribution in [2.45, 2.75) is 31.9 Å². The number of aryl methyl sites for hydroxylation is 1. The number of hydrogen-bond acceptors (Lipinski definition) is 2. The molecule has 0 bridgehead atoms. The van der Waals surface area contributed by atoms with Gasteiger partial charge in [0.25, 0.3) is 0 Å². The molecule has 0 radical (unpaired) electrons. The molecule has 2 nitrogen and oxygen atoms in total. The molecule has 4 atom stereocenters. The summed E-state index contributed by atoms with van der Waals surface area (Å²) < 4.78 is 18.8. The molecule has 0 aliphatic carbocycles. The summed E-state index contributed by atoms with van der Waals surface area (Å²) in [5, 5.41) is 0. The van der Waals surface area contributed by atoms with Crippen molar-refractivity contribution in [2.75, 3.05) is 11.5 Å². The minimum absolute atomic E-state index is 0.0102. The van der Waals surface area contributed by atoms with Crippen molar-refractivity contribution < 1.29 is 2.74 Å². The average molecular weight is 342 g/mol. The van der Waals surface area contributed by atoms with Crippen LogP contribution >= 0.6 is 0 Å². The number of fused-ring (bicyclic) bond motifs is 3. The van der Waals surface area contributed by atoms with Crippen LogP contribution in [0.3, 0.4) is 0 Å². The molecule has 3 aromatic carbocycles. The van der Waals surface area contributed by atoms with Gasteiger partial charge in [-0.25, -0.2) is 0 Å². The molecule has 2 heteroatoms. The maximum absolute atomic E-state index is 9.64. The Hall–Kier alpha value is -2.58. The zero-order valence-corrected chi connectivity index (χ0v) is 15.1.